The van der Waals surface area contributed by atoms with Gasteiger partial charge in [-0.2, -0.15) is 0 Å². The Labute approximate surface area is 85.9 Å². The van der Waals surface area contributed by atoms with Crippen molar-refractivity contribution in [3.05, 3.63) is 0 Å². The van der Waals surface area contributed by atoms with Gasteiger partial charge in [0.15, 0.2) is 0 Å². The maximum absolute atomic E-state index is 5.66. The quantitative estimate of drug-likeness (QED) is 0.723. The molecule has 2 N–H and O–H groups in total. The summed E-state index contributed by atoms with van der Waals surface area (Å²) in [5.74, 6) is 8.24. The first-order valence-corrected chi connectivity index (χ1v) is 5.62. The molecule has 0 aliphatic heterocycles. The Balaban J connectivity index is 0.000000562. The zero-order chi connectivity index (χ0) is 7.87. The standard InChI is InChI=1S/C11H17N.ClH/c12-2-1-5-3-6-7-4-8-10(6)11(8)9(5)7;/h5-11H,1-4,12H2;1H. The van der Waals surface area contributed by atoms with Crippen LogP contribution in [0.2, 0.25) is 0 Å². The van der Waals surface area contributed by atoms with E-state index >= 15 is 0 Å². The molecular formula is C11H18ClN. The number of nitrogens with two attached hydrogens (primary N) is 1. The molecule has 1 nitrogen and oxygen atoms in total. The number of rotatable bonds is 2. The molecule has 13 heavy (non-hydrogen) atoms. The molecule has 5 fully saturated rings. The minimum atomic E-state index is 0. The maximum atomic E-state index is 5.66. The van der Waals surface area contributed by atoms with E-state index in [1.54, 1.807) is 12.8 Å². The summed E-state index contributed by atoms with van der Waals surface area (Å²) < 4.78 is 0. The van der Waals surface area contributed by atoms with Gasteiger partial charge >= 0.3 is 0 Å². The van der Waals surface area contributed by atoms with Gasteiger partial charge in [0.2, 0.25) is 0 Å². The molecule has 0 heterocycles. The molecule has 7 unspecified atom stereocenters. The van der Waals surface area contributed by atoms with Gasteiger partial charge in [-0.1, -0.05) is 0 Å². The van der Waals surface area contributed by atoms with Gasteiger partial charge < -0.3 is 5.73 Å². The van der Waals surface area contributed by atoms with Gasteiger partial charge in [0.25, 0.3) is 0 Å². The summed E-state index contributed by atoms with van der Waals surface area (Å²) in [6.07, 6.45) is 4.50. The molecule has 0 amide bonds. The molecule has 0 aromatic heterocycles. The van der Waals surface area contributed by atoms with Gasteiger partial charge in [-0.3, -0.25) is 0 Å². The highest BCUT2D eigenvalue weighted by atomic mass is 35.5. The highest BCUT2D eigenvalue weighted by Gasteiger charge is 2.77. The zero-order valence-corrected chi connectivity index (χ0v) is 8.67. The van der Waals surface area contributed by atoms with E-state index in [9.17, 15) is 0 Å². The van der Waals surface area contributed by atoms with Crippen LogP contribution in [0.15, 0.2) is 0 Å². The molecule has 5 rings (SSSR count). The summed E-state index contributed by atoms with van der Waals surface area (Å²) in [5, 5.41) is 0. The van der Waals surface area contributed by atoms with Crippen LogP contribution >= 0.6 is 12.4 Å². The van der Waals surface area contributed by atoms with E-state index in [0.717, 1.165) is 18.4 Å². The molecule has 5 aliphatic rings. The summed E-state index contributed by atoms with van der Waals surface area (Å²) in [6, 6.07) is 0. The lowest BCUT2D eigenvalue weighted by Crippen LogP contribution is -2.17. The van der Waals surface area contributed by atoms with Crippen LogP contribution in [0.25, 0.3) is 0 Å². The second-order valence-corrected chi connectivity index (χ2v) is 5.53. The van der Waals surface area contributed by atoms with Gasteiger partial charge in [0.1, 0.15) is 0 Å². The second kappa shape index (κ2) is 2.43. The van der Waals surface area contributed by atoms with Crippen molar-refractivity contribution in [3.63, 3.8) is 0 Å². The van der Waals surface area contributed by atoms with Gasteiger partial charge in [-0.15, -0.1) is 12.4 Å². The third-order valence-corrected chi connectivity index (χ3v) is 5.48. The van der Waals surface area contributed by atoms with Crippen LogP contribution in [0, 0.1) is 41.4 Å². The van der Waals surface area contributed by atoms with E-state index in [1.807, 2.05) is 0 Å². The average Bonchev–Trinajstić information content (AvgIpc) is 2.48. The minimum Gasteiger partial charge on any atom is -0.330 e. The Morgan fingerprint density at radius 1 is 0.923 bits per heavy atom. The summed E-state index contributed by atoms with van der Waals surface area (Å²) in [4.78, 5) is 0. The molecule has 0 aromatic carbocycles. The van der Waals surface area contributed by atoms with Crippen molar-refractivity contribution in [2.45, 2.75) is 19.3 Å². The van der Waals surface area contributed by atoms with Crippen LogP contribution < -0.4 is 5.73 Å². The predicted octanol–water partition coefficient (Wildman–Crippen LogP) is 1.91. The van der Waals surface area contributed by atoms with Crippen molar-refractivity contribution in [1.82, 2.24) is 0 Å². The van der Waals surface area contributed by atoms with E-state index in [1.165, 1.54) is 36.0 Å². The molecule has 0 aromatic rings. The topological polar surface area (TPSA) is 26.0 Å². The lowest BCUT2D eigenvalue weighted by molar-refractivity contribution is 0.296. The van der Waals surface area contributed by atoms with Crippen molar-refractivity contribution in [1.29, 1.82) is 0 Å². The number of halogens is 1. The third-order valence-electron chi connectivity index (χ3n) is 5.48. The molecule has 5 saturated carbocycles. The van der Waals surface area contributed by atoms with Gasteiger partial charge in [0, 0.05) is 0 Å². The lowest BCUT2D eigenvalue weighted by atomic mass is 9.86. The summed E-state index contributed by atoms with van der Waals surface area (Å²) in [7, 11) is 0. The molecule has 2 heteroatoms. The van der Waals surface area contributed by atoms with Crippen LogP contribution in [-0.4, -0.2) is 6.54 Å². The first kappa shape index (κ1) is 8.55. The maximum Gasteiger partial charge on any atom is -0.00745 e. The van der Waals surface area contributed by atoms with E-state index in [0.29, 0.717) is 0 Å². The largest absolute Gasteiger partial charge is 0.330 e. The van der Waals surface area contributed by atoms with Crippen molar-refractivity contribution >= 4 is 12.4 Å². The monoisotopic (exact) mass is 199 g/mol. The van der Waals surface area contributed by atoms with E-state index < -0.39 is 0 Å². The van der Waals surface area contributed by atoms with Gasteiger partial charge in [0.05, 0.1) is 0 Å². The molecular weight excluding hydrogens is 182 g/mol. The lowest BCUT2D eigenvalue weighted by Gasteiger charge is -2.20. The average molecular weight is 200 g/mol. The van der Waals surface area contributed by atoms with Gasteiger partial charge in [-0.25, -0.2) is 0 Å². The fourth-order valence-corrected chi connectivity index (χ4v) is 5.42. The van der Waals surface area contributed by atoms with Crippen molar-refractivity contribution in [3.8, 4) is 0 Å². The van der Waals surface area contributed by atoms with Crippen LogP contribution in [0.3, 0.4) is 0 Å². The Bertz CT molecular complexity index is 242. The first-order valence-electron chi connectivity index (χ1n) is 5.62. The fourth-order valence-electron chi connectivity index (χ4n) is 5.42. The van der Waals surface area contributed by atoms with E-state index in [4.69, 9.17) is 5.73 Å². The third kappa shape index (κ3) is 0.756. The van der Waals surface area contributed by atoms with Crippen LogP contribution in [0.5, 0.6) is 0 Å². The van der Waals surface area contributed by atoms with Crippen molar-refractivity contribution < 1.29 is 0 Å². The smallest absolute Gasteiger partial charge is 0.00745 e. The van der Waals surface area contributed by atoms with Crippen molar-refractivity contribution in [2.75, 3.05) is 6.54 Å². The van der Waals surface area contributed by atoms with Crippen LogP contribution in [0.1, 0.15) is 19.3 Å². The molecule has 0 spiro atoms. The Hall–Kier alpha value is 0.250. The van der Waals surface area contributed by atoms with E-state index in [-0.39, 0.29) is 12.4 Å². The van der Waals surface area contributed by atoms with E-state index in [2.05, 4.69) is 0 Å². The Morgan fingerprint density at radius 3 is 2.23 bits per heavy atom. The molecule has 0 saturated heterocycles. The highest BCUT2D eigenvalue weighted by Crippen LogP contribution is 2.82. The minimum absolute atomic E-state index is 0. The van der Waals surface area contributed by atoms with Crippen LogP contribution in [-0.2, 0) is 0 Å². The fraction of sp³-hybridized carbons (Fsp3) is 1.00. The number of hydrogen-bond donors (Lipinski definition) is 1. The first-order chi connectivity index (χ1) is 5.92. The number of hydrogen-bond acceptors (Lipinski definition) is 1. The van der Waals surface area contributed by atoms with Gasteiger partial charge in [-0.05, 0) is 67.2 Å². The summed E-state index contributed by atoms with van der Waals surface area (Å²) in [5.41, 5.74) is 5.66. The van der Waals surface area contributed by atoms with Crippen LogP contribution in [0.4, 0.5) is 0 Å². The Kier molecular flexibility index (Phi) is 1.60. The molecule has 74 valence electrons. The molecule has 6 bridgehead atoms. The zero-order valence-electron chi connectivity index (χ0n) is 7.86. The molecule has 5 aliphatic carbocycles. The normalized spacial score (nSPS) is 63.9. The molecule has 0 radical (unpaired) electrons. The SMILES string of the molecule is Cl.NCCC1CC2C3CC4C2C4C13. The molecule has 7 atom stereocenters. The van der Waals surface area contributed by atoms with Crippen molar-refractivity contribution in [2.24, 2.45) is 47.2 Å². The highest BCUT2D eigenvalue weighted by molar-refractivity contribution is 5.85. The Morgan fingerprint density at radius 2 is 1.69 bits per heavy atom. The second-order valence-electron chi connectivity index (χ2n) is 5.53. The summed E-state index contributed by atoms with van der Waals surface area (Å²) >= 11 is 0. The summed E-state index contributed by atoms with van der Waals surface area (Å²) in [6.45, 7) is 0.933. The predicted molar refractivity (Wildman–Crippen MR) is 54.6 cm³/mol.